The third-order valence-electron chi connectivity index (χ3n) is 10.1. The van der Waals surface area contributed by atoms with Crippen LogP contribution >= 0.6 is 11.3 Å². The quantitative estimate of drug-likeness (QED) is 0.186. The van der Waals surface area contributed by atoms with E-state index in [1.165, 1.54) is 20.2 Å². The molecule has 51 heavy (non-hydrogen) atoms. The number of hydrogen-bond donors (Lipinski definition) is 0. The summed E-state index contributed by atoms with van der Waals surface area (Å²) in [6.07, 6.45) is 5.01. The lowest BCUT2D eigenvalue weighted by molar-refractivity contribution is 0.586. The highest BCUT2D eigenvalue weighted by Crippen LogP contribution is 2.47. The fraction of sp³-hybridized carbons (Fsp3) is 0.0444. The van der Waals surface area contributed by atoms with Crippen molar-refractivity contribution in [1.82, 2.24) is 15.0 Å². The summed E-state index contributed by atoms with van der Waals surface area (Å²) in [6, 6.07) is 46.2. The number of rotatable bonds is 4. The Morgan fingerprint density at radius 2 is 1.22 bits per heavy atom. The van der Waals surface area contributed by atoms with E-state index in [-0.39, 0.29) is 5.92 Å². The molecule has 0 radical (unpaired) electrons. The van der Waals surface area contributed by atoms with Crippen molar-refractivity contribution < 1.29 is 8.83 Å². The van der Waals surface area contributed by atoms with E-state index in [0.29, 0.717) is 11.6 Å². The van der Waals surface area contributed by atoms with Crippen molar-refractivity contribution >= 4 is 70.5 Å². The molecule has 1 aliphatic rings. The summed E-state index contributed by atoms with van der Waals surface area (Å²) in [5.74, 6) is 2.74. The largest absolute Gasteiger partial charge is 0.456 e. The van der Waals surface area contributed by atoms with Crippen LogP contribution in [0.25, 0.3) is 93.1 Å². The molecule has 0 amide bonds. The molecule has 1 atom stereocenters. The van der Waals surface area contributed by atoms with Crippen LogP contribution < -0.4 is 0 Å². The number of fused-ring (bicyclic) bond motifs is 9. The maximum atomic E-state index is 6.61. The van der Waals surface area contributed by atoms with Crippen LogP contribution in [-0.4, -0.2) is 15.0 Å². The molecule has 0 bridgehead atoms. The Morgan fingerprint density at radius 1 is 0.529 bits per heavy atom. The normalized spacial score (nSPS) is 14.3. The van der Waals surface area contributed by atoms with Gasteiger partial charge in [-0.1, -0.05) is 109 Å². The van der Waals surface area contributed by atoms with Crippen LogP contribution in [-0.2, 0) is 0 Å². The lowest BCUT2D eigenvalue weighted by Crippen LogP contribution is -2.12. The second kappa shape index (κ2) is 11.1. The smallest absolute Gasteiger partial charge is 0.163 e. The highest BCUT2D eigenvalue weighted by Gasteiger charge is 2.31. The van der Waals surface area contributed by atoms with Crippen molar-refractivity contribution in [2.24, 2.45) is 0 Å². The Balaban J connectivity index is 1.13. The predicted molar refractivity (Wildman–Crippen MR) is 208 cm³/mol. The molecule has 4 aromatic heterocycles. The van der Waals surface area contributed by atoms with E-state index in [1.807, 2.05) is 36.4 Å². The van der Waals surface area contributed by atoms with Gasteiger partial charge in [-0.05, 0) is 54.0 Å². The molecule has 1 aliphatic carbocycles. The van der Waals surface area contributed by atoms with E-state index < -0.39 is 0 Å². The first-order valence-electron chi connectivity index (χ1n) is 17.1. The van der Waals surface area contributed by atoms with Crippen LogP contribution in [0.15, 0.2) is 148 Å². The second-order valence-corrected chi connectivity index (χ2v) is 14.1. The van der Waals surface area contributed by atoms with Gasteiger partial charge in [-0.15, -0.1) is 11.3 Å². The SMILES string of the molecule is C1=Cc2oc3cccc(-c4cccc5oc6ccccc6c45)c3c2C(c2nc(-c3ccccc3)nc(-c3ccc4c(c3)sc3ccccc34)n2)C1. The summed E-state index contributed by atoms with van der Waals surface area (Å²) >= 11 is 1.80. The lowest BCUT2D eigenvalue weighted by Gasteiger charge is -2.19. The van der Waals surface area contributed by atoms with Crippen LogP contribution in [0.5, 0.6) is 0 Å². The monoisotopic (exact) mass is 673 g/mol. The molecule has 0 N–H and O–H groups in total. The third kappa shape index (κ3) is 4.43. The van der Waals surface area contributed by atoms with Gasteiger partial charge in [-0.25, -0.2) is 15.0 Å². The minimum Gasteiger partial charge on any atom is -0.456 e. The predicted octanol–water partition coefficient (Wildman–Crippen LogP) is 12.4. The van der Waals surface area contributed by atoms with Gasteiger partial charge >= 0.3 is 0 Å². The van der Waals surface area contributed by atoms with Crippen molar-refractivity contribution in [3.05, 3.63) is 157 Å². The van der Waals surface area contributed by atoms with Crippen molar-refractivity contribution in [3.8, 4) is 33.9 Å². The average Bonchev–Trinajstić information content (AvgIpc) is 3.89. The Kier molecular flexibility index (Phi) is 6.18. The minimum absolute atomic E-state index is 0.148. The highest BCUT2D eigenvalue weighted by molar-refractivity contribution is 7.25. The number of allylic oxidation sites excluding steroid dienone is 1. The maximum absolute atomic E-state index is 6.61. The van der Waals surface area contributed by atoms with E-state index >= 15 is 0 Å². The van der Waals surface area contributed by atoms with E-state index in [9.17, 15) is 0 Å². The van der Waals surface area contributed by atoms with Crippen LogP contribution in [0.3, 0.4) is 0 Å². The summed E-state index contributed by atoms with van der Waals surface area (Å²) in [5.41, 5.74) is 7.81. The fourth-order valence-corrected chi connectivity index (χ4v) is 8.95. The van der Waals surface area contributed by atoms with E-state index in [0.717, 1.165) is 78.7 Å². The molecule has 0 saturated heterocycles. The molecule has 1 unspecified atom stereocenters. The number of aromatic nitrogens is 3. The average molecular weight is 674 g/mol. The molecule has 240 valence electrons. The molecular weight excluding hydrogens is 647 g/mol. The molecule has 0 aliphatic heterocycles. The molecule has 6 heteroatoms. The highest BCUT2D eigenvalue weighted by atomic mass is 32.1. The topological polar surface area (TPSA) is 65.0 Å². The van der Waals surface area contributed by atoms with Gasteiger partial charge in [0.15, 0.2) is 11.6 Å². The Morgan fingerprint density at radius 3 is 2.08 bits per heavy atom. The molecule has 5 nitrogen and oxygen atoms in total. The van der Waals surface area contributed by atoms with Gasteiger partial charge in [0.25, 0.3) is 0 Å². The van der Waals surface area contributed by atoms with Crippen molar-refractivity contribution in [2.45, 2.75) is 12.3 Å². The third-order valence-corrected chi connectivity index (χ3v) is 11.2. The van der Waals surface area contributed by atoms with Crippen molar-refractivity contribution in [3.63, 3.8) is 0 Å². The second-order valence-electron chi connectivity index (χ2n) is 13.0. The van der Waals surface area contributed by atoms with Gasteiger partial charge in [-0.3, -0.25) is 0 Å². The molecule has 4 heterocycles. The number of hydrogen-bond acceptors (Lipinski definition) is 6. The molecular formula is C45H27N3O2S. The van der Waals surface area contributed by atoms with Crippen LogP contribution in [0.4, 0.5) is 0 Å². The molecule has 0 spiro atoms. The zero-order valence-electron chi connectivity index (χ0n) is 27.2. The lowest BCUT2D eigenvalue weighted by atomic mass is 9.85. The Labute approximate surface area is 296 Å². The summed E-state index contributed by atoms with van der Waals surface area (Å²) in [6.45, 7) is 0. The summed E-state index contributed by atoms with van der Waals surface area (Å²) < 4.78 is 15.4. The number of nitrogens with zero attached hydrogens (tertiary/aromatic N) is 3. The first-order chi connectivity index (χ1) is 25.3. The maximum Gasteiger partial charge on any atom is 0.163 e. The first kappa shape index (κ1) is 28.5. The van der Waals surface area contributed by atoms with E-state index in [4.69, 9.17) is 23.8 Å². The van der Waals surface area contributed by atoms with Crippen LogP contribution in [0.2, 0.25) is 0 Å². The Bertz CT molecular complexity index is 3020. The summed E-state index contributed by atoms with van der Waals surface area (Å²) in [5, 5.41) is 5.79. The number of para-hydroxylation sites is 1. The van der Waals surface area contributed by atoms with Crippen molar-refractivity contribution in [2.75, 3.05) is 0 Å². The zero-order chi connectivity index (χ0) is 33.5. The van der Waals surface area contributed by atoms with Crippen LogP contribution in [0.1, 0.15) is 29.5 Å². The number of furan rings is 2. The molecule has 11 rings (SSSR count). The van der Waals surface area contributed by atoms with Gasteiger partial charge in [0.05, 0.1) is 5.92 Å². The van der Waals surface area contributed by atoms with Gasteiger partial charge in [0.1, 0.15) is 28.3 Å². The first-order valence-corrected chi connectivity index (χ1v) is 17.9. The van der Waals surface area contributed by atoms with E-state index in [2.05, 4.69) is 109 Å². The Hall–Kier alpha value is -6.37. The minimum atomic E-state index is -0.148. The molecule has 10 aromatic rings. The molecule has 0 fully saturated rings. The number of thiophene rings is 1. The molecule has 6 aromatic carbocycles. The number of benzene rings is 6. The van der Waals surface area contributed by atoms with Gasteiger partial charge in [0.2, 0.25) is 0 Å². The van der Waals surface area contributed by atoms with Gasteiger partial charge in [-0.2, -0.15) is 0 Å². The van der Waals surface area contributed by atoms with Crippen molar-refractivity contribution in [1.29, 1.82) is 0 Å². The summed E-state index contributed by atoms with van der Waals surface area (Å²) in [7, 11) is 0. The van der Waals surface area contributed by atoms with Gasteiger partial charge < -0.3 is 8.83 Å². The summed E-state index contributed by atoms with van der Waals surface area (Å²) in [4.78, 5) is 15.6. The fourth-order valence-electron chi connectivity index (χ4n) is 7.81. The standard InChI is InChI=1S/C45H27N3O2S/c1-2-11-26(12-3-1)43-46-44(27-23-24-29-28-13-5-7-22-38(28)51-39(29)25-27)48-45(47-43)33-17-10-21-37-42(33)41-31(16-9-20-36(41)50-37)30-15-8-19-35-40(30)32-14-4-6-18-34(32)49-35/h1-16,18-25,33H,17H2. The van der Waals surface area contributed by atoms with E-state index in [1.54, 1.807) is 11.3 Å². The van der Waals surface area contributed by atoms with Crippen LogP contribution in [0, 0.1) is 0 Å². The van der Waals surface area contributed by atoms with Gasteiger partial charge in [0, 0.05) is 53.0 Å². The zero-order valence-corrected chi connectivity index (χ0v) is 28.0. The molecule has 0 saturated carbocycles.